The Balaban J connectivity index is 1.73. The van der Waals surface area contributed by atoms with Crippen LogP contribution >= 0.6 is 11.6 Å². The zero-order valence-corrected chi connectivity index (χ0v) is 19.4. The Kier molecular flexibility index (Phi) is 5.76. The van der Waals surface area contributed by atoms with Crippen molar-refractivity contribution in [2.24, 2.45) is 0 Å². The topological polar surface area (TPSA) is 18.5 Å². The smallest absolute Gasteiger partial charge is 0.242 e. The fourth-order valence-corrected chi connectivity index (χ4v) is 4.93. The van der Waals surface area contributed by atoms with E-state index in [-0.39, 0.29) is 0 Å². The average molecular weight is 435 g/mol. The van der Waals surface area contributed by atoms with Gasteiger partial charge in [-0.25, -0.2) is 0 Å². The van der Waals surface area contributed by atoms with Gasteiger partial charge in [-0.1, -0.05) is 72.3 Å². The molecule has 0 unspecified atom stereocenters. The molecule has 0 saturated carbocycles. The Labute approximate surface area is 185 Å². The van der Waals surface area contributed by atoms with Crippen LogP contribution in [0.4, 0.5) is 0 Å². The maximum atomic E-state index is 6.72. The molecule has 154 valence electrons. The predicted molar refractivity (Wildman–Crippen MR) is 127 cm³/mol. The van der Waals surface area contributed by atoms with Crippen LogP contribution in [-0.4, -0.2) is 8.32 Å². The minimum absolute atomic E-state index is 0.472. The van der Waals surface area contributed by atoms with Gasteiger partial charge in [0.15, 0.2) is 5.60 Å². The number of rotatable bonds is 5. The van der Waals surface area contributed by atoms with Crippen LogP contribution in [0.25, 0.3) is 6.08 Å². The molecular weight excluding hydrogens is 408 g/mol. The van der Waals surface area contributed by atoms with Gasteiger partial charge < -0.3 is 9.16 Å². The lowest BCUT2D eigenvalue weighted by Gasteiger charge is -2.30. The maximum Gasteiger partial charge on any atom is 0.242 e. The molecule has 1 saturated heterocycles. The molecule has 4 rings (SSSR count). The summed E-state index contributed by atoms with van der Waals surface area (Å²) in [6.07, 6.45) is 3.86. The number of hydrogen-bond donors (Lipinski definition) is 0. The Morgan fingerprint density at radius 2 is 1.50 bits per heavy atom. The molecule has 0 bridgehead atoms. The zero-order valence-electron chi connectivity index (χ0n) is 17.7. The molecule has 0 N–H and O–H groups in total. The van der Waals surface area contributed by atoms with Crippen LogP contribution in [0.1, 0.15) is 29.5 Å². The Morgan fingerprint density at radius 1 is 0.900 bits per heavy atom. The fraction of sp³-hybridized carbons (Fsp3) is 0.231. The van der Waals surface area contributed by atoms with Crippen molar-refractivity contribution in [3.8, 4) is 5.75 Å². The van der Waals surface area contributed by atoms with Gasteiger partial charge in [-0.2, -0.15) is 0 Å². The van der Waals surface area contributed by atoms with Crippen LogP contribution in [0.2, 0.25) is 24.7 Å². The van der Waals surface area contributed by atoms with E-state index in [1.54, 1.807) is 0 Å². The molecule has 0 amide bonds. The molecule has 1 aliphatic heterocycles. The van der Waals surface area contributed by atoms with Crippen molar-refractivity contribution in [3.05, 3.63) is 106 Å². The summed E-state index contributed by atoms with van der Waals surface area (Å²) in [4.78, 5) is 0. The molecule has 0 spiro atoms. The standard InChI is InChI=1S/C26H27ClO2Si/c1-30(2,3)29-25-19-23(27)15-14-20(25)18-24-16-17-26(28-24,21-10-6-4-7-11-21)22-12-8-5-9-13-22/h4-15,18-19H,16-17H2,1-3H3/b24-18+. The molecule has 1 heterocycles. The van der Waals surface area contributed by atoms with Crippen LogP contribution in [0.15, 0.2) is 84.6 Å². The second-order valence-electron chi connectivity index (χ2n) is 8.67. The largest absolute Gasteiger partial charge is 0.544 e. The number of hydrogen-bond acceptors (Lipinski definition) is 2. The van der Waals surface area contributed by atoms with E-state index in [0.29, 0.717) is 5.02 Å². The first-order chi connectivity index (χ1) is 14.4. The Bertz CT molecular complexity index is 1000. The second kappa shape index (κ2) is 8.33. The second-order valence-corrected chi connectivity index (χ2v) is 13.5. The van der Waals surface area contributed by atoms with E-state index in [1.165, 1.54) is 11.1 Å². The highest BCUT2D eigenvalue weighted by Crippen LogP contribution is 2.47. The summed E-state index contributed by atoms with van der Waals surface area (Å²) in [5.41, 5.74) is 2.89. The molecule has 1 aliphatic rings. The third kappa shape index (κ3) is 4.48. The normalized spacial score (nSPS) is 17.0. The van der Waals surface area contributed by atoms with Crippen molar-refractivity contribution in [3.63, 3.8) is 0 Å². The van der Waals surface area contributed by atoms with Gasteiger partial charge in [0.25, 0.3) is 0 Å². The quantitative estimate of drug-likeness (QED) is 0.384. The lowest BCUT2D eigenvalue weighted by molar-refractivity contribution is 0.0784. The van der Waals surface area contributed by atoms with Crippen molar-refractivity contribution < 1.29 is 9.16 Å². The van der Waals surface area contributed by atoms with E-state index in [9.17, 15) is 0 Å². The summed E-state index contributed by atoms with van der Waals surface area (Å²) in [6, 6.07) is 26.8. The molecule has 3 aromatic carbocycles. The Morgan fingerprint density at radius 3 is 2.07 bits per heavy atom. The summed E-state index contributed by atoms with van der Waals surface area (Å²) >= 11 is 6.25. The highest BCUT2D eigenvalue weighted by molar-refractivity contribution is 6.70. The van der Waals surface area contributed by atoms with Gasteiger partial charge in [-0.3, -0.25) is 0 Å². The Hall–Kier alpha value is -2.49. The third-order valence-corrected chi connectivity index (χ3v) is 6.28. The predicted octanol–water partition coefficient (Wildman–Crippen LogP) is 7.65. The van der Waals surface area contributed by atoms with Gasteiger partial charge >= 0.3 is 0 Å². The van der Waals surface area contributed by atoms with Crippen molar-refractivity contribution in [1.82, 2.24) is 0 Å². The molecule has 2 nitrogen and oxygen atoms in total. The fourth-order valence-electron chi connectivity index (χ4n) is 3.93. The van der Waals surface area contributed by atoms with E-state index in [4.69, 9.17) is 20.8 Å². The molecule has 0 aliphatic carbocycles. The SMILES string of the molecule is C[Si](C)(C)Oc1cc(Cl)ccc1/C=C1\CCC(c2ccccc2)(c2ccccc2)O1. The first-order valence-electron chi connectivity index (χ1n) is 10.3. The summed E-state index contributed by atoms with van der Waals surface area (Å²) in [7, 11) is -1.77. The molecule has 1 fully saturated rings. The summed E-state index contributed by atoms with van der Waals surface area (Å²) in [5, 5.41) is 0.681. The molecule has 0 atom stereocenters. The van der Waals surface area contributed by atoms with E-state index < -0.39 is 13.9 Å². The van der Waals surface area contributed by atoms with Gasteiger partial charge in [0, 0.05) is 23.4 Å². The number of allylic oxidation sites excluding steroid dienone is 1. The summed E-state index contributed by atoms with van der Waals surface area (Å²) in [6.45, 7) is 6.52. The first kappa shape index (κ1) is 20.8. The van der Waals surface area contributed by atoms with Crippen molar-refractivity contribution in [1.29, 1.82) is 0 Å². The maximum absolute atomic E-state index is 6.72. The number of benzene rings is 3. The van der Waals surface area contributed by atoms with Gasteiger partial charge in [-0.15, -0.1) is 0 Å². The van der Waals surface area contributed by atoms with Gasteiger partial charge in [0.2, 0.25) is 8.32 Å². The minimum atomic E-state index is -1.77. The minimum Gasteiger partial charge on any atom is -0.544 e. The van der Waals surface area contributed by atoms with Crippen LogP contribution < -0.4 is 4.43 Å². The van der Waals surface area contributed by atoms with Crippen LogP contribution in [0, 0.1) is 0 Å². The van der Waals surface area contributed by atoms with E-state index >= 15 is 0 Å². The molecule has 3 aromatic rings. The van der Waals surface area contributed by atoms with Gasteiger partial charge in [-0.05, 0) is 55.0 Å². The highest BCUT2D eigenvalue weighted by atomic mass is 35.5. The molecule has 0 aromatic heterocycles. The van der Waals surface area contributed by atoms with Crippen LogP contribution in [0.3, 0.4) is 0 Å². The molecule has 30 heavy (non-hydrogen) atoms. The lowest BCUT2D eigenvalue weighted by Crippen LogP contribution is -2.29. The summed E-state index contributed by atoms with van der Waals surface area (Å²) < 4.78 is 13.0. The van der Waals surface area contributed by atoms with E-state index in [0.717, 1.165) is 29.9 Å². The monoisotopic (exact) mass is 434 g/mol. The van der Waals surface area contributed by atoms with Crippen LogP contribution in [0.5, 0.6) is 5.75 Å². The highest BCUT2D eigenvalue weighted by Gasteiger charge is 2.41. The van der Waals surface area contributed by atoms with Gasteiger partial charge in [0.05, 0.1) is 5.76 Å². The third-order valence-electron chi connectivity index (χ3n) is 5.22. The van der Waals surface area contributed by atoms with Crippen molar-refractivity contribution in [2.75, 3.05) is 0 Å². The van der Waals surface area contributed by atoms with Crippen molar-refractivity contribution in [2.45, 2.75) is 38.1 Å². The number of ether oxygens (including phenoxy) is 1. The molecule has 4 heteroatoms. The molecular formula is C26H27ClO2Si. The van der Waals surface area contributed by atoms with Crippen molar-refractivity contribution >= 4 is 26.0 Å². The lowest BCUT2D eigenvalue weighted by atomic mass is 9.84. The number of halogens is 1. The van der Waals surface area contributed by atoms with Gasteiger partial charge in [0.1, 0.15) is 5.75 Å². The molecule has 0 radical (unpaired) electrons. The zero-order chi connectivity index (χ0) is 21.2. The van der Waals surface area contributed by atoms with E-state index in [2.05, 4.69) is 74.2 Å². The van der Waals surface area contributed by atoms with Crippen LogP contribution in [-0.2, 0) is 10.3 Å². The first-order valence-corrected chi connectivity index (χ1v) is 14.1. The average Bonchev–Trinajstić information content (AvgIpc) is 3.15. The van der Waals surface area contributed by atoms with E-state index in [1.807, 2.05) is 30.3 Å². The summed E-state index contributed by atoms with van der Waals surface area (Å²) in [5.74, 6) is 1.79.